The molecule has 29 heavy (non-hydrogen) atoms. The minimum Gasteiger partial charge on any atom is -0.440 e. The monoisotopic (exact) mass is 418 g/mol. The molecule has 0 radical (unpaired) electrons. The highest BCUT2D eigenvalue weighted by molar-refractivity contribution is 8.01. The zero-order valence-electron chi connectivity index (χ0n) is 17.6. The fraction of sp³-hybridized carbons (Fsp3) is 0.652. The lowest BCUT2D eigenvalue weighted by Crippen LogP contribution is -2.60. The minimum absolute atomic E-state index is 0.0109. The maximum absolute atomic E-state index is 13.4. The predicted molar refractivity (Wildman–Crippen MR) is 110 cm³/mol. The van der Waals surface area contributed by atoms with Gasteiger partial charge in [0.15, 0.2) is 11.6 Å². The van der Waals surface area contributed by atoms with Crippen molar-refractivity contribution >= 4 is 23.5 Å². The van der Waals surface area contributed by atoms with Gasteiger partial charge in [0.1, 0.15) is 0 Å². The van der Waals surface area contributed by atoms with Crippen LogP contribution in [-0.2, 0) is 23.8 Å². The summed E-state index contributed by atoms with van der Waals surface area (Å²) in [4.78, 5) is 25.2. The number of ether oxygens (including phenoxy) is 3. The van der Waals surface area contributed by atoms with Gasteiger partial charge in [0, 0.05) is 30.6 Å². The van der Waals surface area contributed by atoms with Crippen LogP contribution in [0.25, 0.3) is 0 Å². The molecule has 1 aromatic rings. The third kappa shape index (κ3) is 3.99. The second-order valence-electron chi connectivity index (χ2n) is 9.40. The molecule has 0 amide bonds. The van der Waals surface area contributed by atoms with E-state index in [1.807, 2.05) is 44.2 Å². The quantitative estimate of drug-likeness (QED) is 0.529. The summed E-state index contributed by atoms with van der Waals surface area (Å²) in [6, 6.07) is 9.71. The van der Waals surface area contributed by atoms with Crippen molar-refractivity contribution in [1.82, 2.24) is 0 Å². The van der Waals surface area contributed by atoms with Gasteiger partial charge in [-0.15, -0.1) is 0 Å². The molecule has 2 saturated carbocycles. The third-order valence-electron chi connectivity index (χ3n) is 6.76. The zero-order valence-corrected chi connectivity index (χ0v) is 18.4. The van der Waals surface area contributed by atoms with Crippen molar-refractivity contribution in [3.05, 3.63) is 30.3 Å². The van der Waals surface area contributed by atoms with Crippen molar-refractivity contribution in [2.45, 2.75) is 75.1 Å². The summed E-state index contributed by atoms with van der Waals surface area (Å²) >= 11 is 1.37. The van der Waals surface area contributed by atoms with E-state index in [0.717, 1.165) is 17.7 Å². The standard InChI is InChI=1S/C23H30O5S/c1-15(24)27-23(29-16-8-6-5-7-9-16)12-18-17-14-26-21(2,3)28-19(17)10-11-22(18,4)13-20(23)25/h5-9,17-19H,10-14H2,1-4H3/t17-,18?,19+,22+,23?/m1/s1. The molecule has 1 saturated heterocycles. The molecular weight excluding hydrogens is 388 g/mol. The molecule has 2 aliphatic carbocycles. The van der Waals surface area contributed by atoms with Crippen molar-refractivity contribution in [3.8, 4) is 0 Å². The molecule has 1 heterocycles. The molecule has 0 spiro atoms. The van der Waals surface area contributed by atoms with Gasteiger partial charge in [0.25, 0.3) is 0 Å². The number of carbonyl (C=O) groups is 2. The number of Topliss-reactive ketones (excluding diaryl/α,β-unsaturated/α-hetero) is 1. The molecule has 5 atom stereocenters. The SMILES string of the molecule is CC(=O)OC1(Sc2ccccc2)CC2[C@H]3COC(C)(C)O[C@H]3CC[C@@]2(C)CC1=O. The Labute approximate surface area is 176 Å². The first-order valence-electron chi connectivity index (χ1n) is 10.4. The van der Waals surface area contributed by atoms with Crippen LogP contribution in [0.1, 0.15) is 53.4 Å². The topological polar surface area (TPSA) is 61.8 Å². The normalized spacial score (nSPS) is 38.6. The summed E-state index contributed by atoms with van der Waals surface area (Å²) in [5.74, 6) is -0.607. The molecule has 1 aliphatic heterocycles. The highest BCUT2D eigenvalue weighted by atomic mass is 32.2. The Balaban J connectivity index is 1.67. The molecule has 0 bridgehead atoms. The lowest BCUT2D eigenvalue weighted by Gasteiger charge is -2.57. The highest BCUT2D eigenvalue weighted by Gasteiger charge is 2.60. The molecule has 3 aliphatic rings. The van der Waals surface area contributed by atoms with E-state index >= 15 is 0 Å². The van der Waals surface area contributed by atoms with E-state index in [2.05, 4.69) is 6.92 Å². The Morgan fingerprint density at radius 2 is 1.93 bits per heavy atom. The predicted octanol–water partition coefficient (Wildman–Crippen LogP) is 4.59. The number of ketones is 1. The largest absolute Gasteiger partial charge is 0.440 e. The minimum atomic E-state index is -1.19. The van der Waals surface area contributed by atoms with E-state index in [4.69, 9.17) is 14.2 Å². The van der Waals surface area contributed by atoms with Crippen LogP contribution in [0.15, 0.2) is 35.2 Å². The average Bonchev–Trinajstić information content (AvgIpc) is 2.63. The highest BCUT2D eigenvalue weighted by Crippen LogP contribution is 2.59. The summed E-state index contributed by atoms with van der Waals surface area (Å²) in [6.45, 7) is 8.10. The van der Waals surface area contributed by atoms with Crippen molar-refractivity contribution < 1.29 is 23.8 Å². The molecule has 2 unspecified atom stereocenters. The third-order valence-corrected chi connectivity index (χ3v) is 8.08. The fourth-order valence-electron chi connectivity index (χ4n) is 5.36. The van der Waals surface area contributed by atoms with Gasteiger partial charge >= 0.3 is 5.97 Å². The lowest BCUT2D eigenvalue weighted by atomic mass is 9.55. The van der Waals surface area contributed by atoms with Gasteiger partial charge in [0.2, 0.25) is 4.93 Å². The first kappa shape index (κ1) is 20.9. The number of hydrogen-bond donors (Lipinski definition) is 0. The number of rotatable bonds is 3. The summed E-state index contributed by atoms with van der Waals surface area (Å²) in [5.41, 5.74) is -0.118. The van der Waals surface area contributed by atoms with Gasteiger partial charge in [-0.05, 0) is 50.2 Å². The average molecular weight is 419 g/mol. The molecule has 6 heteroatoms. The Hall–Kier alpha value is -1.37. The molecule has 4 rings (SSSR count). The van der Waals surface area contributed by atoms with Gasteiger partial charge in [-0.25, -0.2) is 0 Å². The van der Waals surface area contributed by atoms with Crippen molar-refractivity contribution in [2.75, 3.05) is 6.61 Å². The molecule has 0 N–H and O–H groups in total. The van der Waals surface area contributed by atoms with Gasteiger partial charge in [-0.2, -0.15) is 0 Å². The van der Waals surface area contributed by atoms with E-state index in [-0.39, 0.29) is 29.1 Å². The van der Waals surface area contributed by atoms with Gasteiger partial charge < -0.3 is 14.2 Å². The number of hydrogen-bond acceptors (Lipinski definition) is 6. The van der Waals surface area contributed by atoms with Gasteiger partial charge in [0.05, 0.1) is 12.7 Å². The fourth-order valence-corrected chi connectivity index (χ4v) is 6.65. The summed E-state index contributed by atoms with van der Waals surface area (Å²) in [6.07, 6.45) is 2.89. The Kier molecular flexibility index (Phi) is 5.33. The Morgan fingerprint density at radius 1 is 1.21 bits per heavy atom. The van der Waals surface area contributed by atoms with Crippen LogP contribution in [0.2, 0.25) is 0 Å². The summed E-state index contributed by atoms with van der Waals surface area (Å²) in [7, 11) is 0. The van der Waals surface area contributed by atoms with E-state index in [0.29, 0.717) is 19.4 Å². The second kappa shape index (κ2) is 7.40. The zero-order chi connectivity index (χ0) is 20.9. The number of thioether (sulfide) groups is 1. The second-order valence-corrected chi connectivity index (χ2v) is 10.7. The number of esters is 1. The maximum Gasteiger partial charge on any atom is 0.304 e. The molecule has 5 nitrogen and oxygen atoms in total. The van der Waals surface area contributed by atoms with Crippen LogP contribution < -0.4 is 0 Å². The van der Waals surface area contributed by atoms with Crippen LogP contribution in [0.4, 0.5) is 0 Å². The number of benzene rings is 1. The van der Waals surface area contributed by atoms with Crippen molar-refractivity contribution in [1.29, 1.82) is 0 Å². The Bertz CT molecular complexity index is 794. The molecular formula is C23H30O5S. The van der Waals surface area contributed by atoms with E-state index in [1.54, 1.807) is 0 Å². The van der Waals surface area contributed by atoms with Crippen LogP contribution in [-0.4, -0.2) is 35.2 Å². The number of fused-ring (bicyclic) bond motifs is 3. The number of carbonyl (C=O) groups excluding carboxylic acids is 2. The van der Waals surface area contributed by atoms with Crippen LogP contribution >= 0.6 is 11.8 Å². The first-order valence-corrected chi connectivity index (χ1v) is 11.2. The van der Waals surface area contributed by atoms with Crippen LogP contribution in [0, 0.1) is 17.3 Å². The van der Waals surface area contributed by atoms with Gasteiger partial charge in [-0.3, -0.25) is 9.59 Å². The van der Waals surface area contributed by atoms with Crippen LogP contribution in [0.3, 0.4) is 0 Å². The molecule has 158 valence electrons. The molecule has 3 fully saturated rings. The van der Waals surface area contributed by atoms with E-state index < -0.39 is 16.7 Å². The van der Waals surface area contributed by atoms with Crippen molar-refractivity contribution in [3.63, 3.8) is 0 Å². The first-order chi connectivity index (χ1) is 13.6. The molecule has 0 aromatic heterocycles. The van der Waals surface area contributed by atoms with E-state index in [9.17, 15) is 9.59 Å². The van der Waals surface area contributed by atoms with E-state index in [1.165, 1.54) is 18.7 Å². The smallest absolute Gasteiger partial charge is 0.304 e. The van der Waals surface area contributed by atoms with Crippen LogP contribution in [0.5, 0.6) is 0 Å². The molecule has 1 aromatic carbocycles. The lowest BCUT2D eigenvalue weighted by molar-refractivity contribution is -0.315. The summed E-state index contributed by atoms with van der Waals surface area (Å²) in [5, 5.41) is 0. The van der Waals surface area contributed by atoms with Crippen molar-refractivity contribution in [2.24, 2.45) is 17.3 Å². The Morgan fingerprint density at radius 3 is 2.62 bits per heavy atom. The maximum atomic E-state index is 13.4. The van der Waals surface area contributed by atoms with Gasteiger partial charge in [-0.1, -0.05) is 36.9 Å². The summed E-state index contributed by atoms with van der Waals surface area (Å²) < 4.78 is 18.0.